The Labute approximate surface area is 96.2 Å². The molecule has 0 spiro atoms. The fourth-order valence-electron chi connectivity index (χ4n) is 0.917. The number of carbonyl (C=O) groups is 1. The van der Waals surface area contributed by atoms with Gasteiger partial charge in [-0.25, -0.2) is 0 Å². The predicted octanol–water partition coefficient (Wildman–Crippen LogP) is 0.812. The third-order valence-electron chi connectivity index (χ3n) is 1.79. The Morgan fingerprint density at radius 2 is 2.07 bits per heavy atom. The van der Waals surface area contributed by atoms with E-state index in [0.29, 0.717) is 0 Å². The van der Waals surface area contributed by atoms with Gasteiger partial charge in [-0.3, -0.25) is 4.79 Å². The van der Waals surface area contributed by atoms with Gasteiger partial charge in [0.25, 0.3) is 0 Å². The Balaban J connectivity index is 2.43. The first-order chi connectivity index (χ1) is 7.13. The van der Waals surface area contributed by atoms with E-state index in [1.54, 1.807) is 0 Å². The highest BCUT2D eigenvalue weighted by molar-refractivity contribution is 9.10. The summed E-state index contributed by atoms with van der Waals surface area (Å²) >= 11 is 3.30. The standard InChI is InChI=1S/C10H12BrNO3/c11-8-3-1-7(2-4-8)6-15-10(14)9(12)5-13/h1-4,9,13H,5-6,12H2. The molecule has 1 rings (SSSR count). The van der Waals surface area contributed by atoms with Crippen LogP contribution in [0.4, 0.5) is 0 Å². The second-order valence-corrected chi connectivity index (χ2v) is 3.94. The van der Waals surface area contributed by atoms with Gasteiger partial charge < -0.3 is 15.6 Å². The fraction of sp³-hybridized carbons (Fsp3) is 0.300. The van der Waals surface area contributed by atoms with Crippen molar-refractivity contribution >= 4 is 21.9 Å². The van der Waals surface area contributed by atoms with E-state index in [0.717, 1.165) is 10.0 Å². The van der Waals surface area contributed by atoms with Crippen LogP contribution in [0.2, 0.25) is 0 Å². The van der Waals surface area contributed by atoms with E-state index in [2.05, 4.69) is 15.9 Å². The average Bonchev–Trinajstić information content (AvgIpc) is 2.26. The number of aliphatic hydroxyl groups excluding tert-OH is 1. The van der Waals surface area contributed by atoms with Crippen molar-refractivity contribution in [2.75, 3.05) is 6.61 Å². The number of aliphatic hydroxyl groups is 1. The zero-order valence-electron chi connectivity index (χ0n) is 8.02. The summed E-state index contributed by atoms with van der Waals surface area (Å²) in [4.78, 5) is 11.1. The lowest BCUT2D eigenvalue weighted by Gasteiger charge is -2.08. The van der Waals surface area contributed by atoms with Gasteiger partial charge >= 0.3 is 5.97 Å². The summed E-state index contributed by atoms with van der Waals surface area (Å²) in [7, 11) is 0. The lowest BCUT2D eigenvalue weighted by atomic mass is 10.2. The summed E-state index contributed by atoms with van der Waals surface area (Å²) in [6.07, 6.45) is 0. The van der Waals surface area contributed by atoms with E-state index < -0.39 is 18.6 Å². The fourth-order valence-corrected chi connectivity index (χ4v) is 1.18. The van der Waals surface area contributed by atoms with Gasteiger partial charge in [0.1, 0.15) is 12.6 Å². The largest absolute Gasteiger partial charge is 0.460 e. The summed E-state index contributed by atoms with van der Waals surface area (Å²) in [5.74, 6) is -0.597. The van der Waals surface area contributed by atoms with Gasteiger partial charge in [0.2, 0.25) is 0 Å². The summed E-state index contributed by atoms with van der Waals surface area (Å²) < 4.78 is 5.84. The van der Waals surface area contributed by atoms with Gasteiger partial charge in [0.15, 0.2) is 0 Å². The number of halogens is 1. The van der Waals surface area contributed by atoms with Crippen LogP contribution in [0.25, 0.3) is 0 Å². The van der Waals surface area contributed by atoms with Gasteiger partial charge in [0.05, 0.1) is 6.61 Å². The Morgan fingerprint density at radius 3 is 2.60 bits per heavy atom. The molecule has 5 heteroatoms. The molecule has 82 valence electrons. The first-order valence-corrected chi connectivity index (χ1v) is 5.20. The van der Waals surface area contributed by atoms with Crippen LogP contribution >= 0.6 is 15.9 Å². The van der Waals surface area contributed by atoms with Gasteiger partial charge in [-0.05, 0) is 17.7 Å². The van der Waals surface area contributed by atoms with Crippen molar-refractivity contribution in [1.82, 2.24) is 0 Å². The minimum Gasteiger partial charge on any atom is -0.460 e. The number of rotatable bonds is 4. The quantitative estimate of drug-likeness (QED) is 0.797. The molecule has 4 nitrogen and oxygen atoms in total. The third-order valence-corrected chi connectivity index (χ3v) is 2.32. The smallest absolute Gasteiger partial charge is 0.325 e. The van der Waals surface area contributed by atoms with Crippen LogP contribution in [-0.4, -0.2) is 23.7 Å². The van der Waals surface area contributed by atoms with E-state index in [4.69, 9.17) is 15.6 Å². The number of esters is 1. The lowest BCUT2D eigenvalue weighted by molar-refractivity contribution is -0.147. The van der Waals surface area contributed by atoms with E-state index in [-0.39, 0.29) is 6.61 Å². The maximum absolute atomic E-state index is 11.1. The van der Waals surface area contributed by atoms with Gasteiger partial charge in [0, 0.05) is 4.47 Å². The minimum atomic E-state index is -0.958. The molecule has 0 radical (unpaired) electrons. The minimum absolute atomic E-state index is 0.166. The second kappa shape index (κ2) is 5.85. The van der Waals surface area contributed by atoms with Gasteiger partial charge in [-0.1, -0.05) is 28.1 Å². The van der Waals surface area contributed by atoms with Crippen molar-refractivity contribution in [3.05, 3.63) is 34.3 Å². The van der Waals surface area contributed by atoms with Crippen molar-refractivity contribution < 1.29 is 14.6 Å². The number of nitrogens with two attached hydrogens (primary N) is 1. The number of hydrogen-bond donors (Lipinski definition) is 2. The Morgan fingerprint density at radius 1 is 1.47 bits per heavy atom. The SMILES string of the molecule is NC(CO)C(=O)OCc1ccc(Br)cc1. The van der Waals surface area contributed by atoms with Crippen LogP contribution in [-0.2, 0) is 16.1 Å². The van der Waals surface area contributed by atoms with Crippen LogP contribution in [0, 0.1) is 0 Å². The molecule has 0 bridgehead atoms. The molecule has 0 saturated heterocycles. The monoisotopic (exact) mass is 273 g/mol. The van der Waals surface area contributed by atoms with E-state index in [1.807, 2.05) is 24.3 Å². The van der Waals surface area contributed by atoms with Crippen LogP contribution in [0.15, 0.2) is 28.7 Å². The molecule has 0 aliphatic heterocycles. The Bertz CT molecular complexity index is 326. The molecule has 0 heterocycles. The van der Waals surface area contributed by atoms with Crippen molar-refractivity contribution in [3.63, 3.8) is 0 Å². The highest BCUT2D eigenvalue weighted by Crippen LogP contribution is 2.11. The molecule has 0 aromatic heterocycles. The van der Waals surface area contributed by atoms with E-state index in [9.17, 15) is 4.79 Å². The average molecular weight is 274 g/mol. The molecule has 15 heavy (non-hydrogen) atoms. The first-order valence-electron chi connectivity index (χ1n) is 4.41. The number of ether oxygens (including phenoxy) is 1. The molecule has 1 aromatic carbocycles. The van der Waals surface area contributed by atoms with Gasteiger partial charge in [-0.15, -0.1) is 0 Å². The summed E-state index contributed by atoms with van der Waals surface area (Å²) in [5.41, 5.74) is 6.14. The van der Waals surface area contributed by atoms with E-state index >= 15 is 0 Å². The molecular weight excluding hydrogens is 262 g/mol. The molecule has 0 amide bonds. The van der Waals surface area contributed by atoms with Crippen molar-refractivity contribution in [1.29, 1.82) is 0 Å². The molecule has 0 aliphatic rings. The molecule has 1 atom stereocenters. The Hall–Kier alpha value is -0.910. The molecule has 0 fully saturated rings. The first kappa shape index (κ1) is 12.2. The topological polar surface area (TPSA) is 72.5 Å². The van der Waals surface area contributed by atoms with E-state index in [1.165, 1.54) is 0 Å². The van der Waals surface area contributed by atoms with Crippen LogP contribution in [0.5, 0.6) is 0 Å². The van der Waals surface area contributed by atoms with Crippen LogP contribution in [0.1, 0.15) is 5.56 Å². The maximum Gasteiger partial charge on any atom is 0.325 e. The normalized spacial score (nSPS) is 12.2. The van der Waals surface area contributed by atoms with Crippen molar-refractivity contribution in [3.8, 4) is 0 Å². The third kappa shape index (κ3) is 3.99. The molecule has 1 aromatic rings. The van der Waals surface area contributed by atoms with Crippen molar-refractivity contribution in [2.45, 2.75) is 12.6 Å². The summed E-state index contributed by atoms with van der Waals surface area (Å²) in [5, 5.41) is 8.61. The number of hydrogen-bond acceptors (Lipinski definition) is 4. The number of benzene rings is 1. The molecule has 0 saturated carbocycles. The Kier molecular flexibility index (Phi) is 4.74. The molecule has 1 unspecified atom stereocenters. The summed E-state index contributed by atoms with van der Waals surface area (Å²) in [6, 6.07) is 6.42. The maximum atomic E-state index is 11.1. The van der Waals surface area contributed by atoms with Crippen molar-refractivity contribution in [2.24, 2.45) is 5.73 Å². The zero-order valence-corrected chi connectivity index (χ0v) is 9.61. The highest BCUT2D eigenvalue weighted by atomic mass is 79.9. The summed E-state index contributed by atoms with van der Waals surface area (Å²) in [6.45, 7) is -0.237. The second-order valence-electron chi connectivity index (χ2n) is 3.02. The molecular formula is C10H12BrNO3. The lowest BCUT2D eigenvalue weighted by Crippen LogP contribution is -2.35. The zero-order chi connectivity index (χ0) is 11.3. The van der Waals surface area contributed by atoms with Crippen LogP contribution in [0.3, 0.4) is 0 Å². The molecule has 3 N–H and O–H groups in total. The molecule has 0 aliphatic carbocycles. The van der Waals surface area contributed by atoms with Crippen LogP contribution < -0.4 is 5.73 Å². The predicted molar refractivity (Wildman–Crippen MR) is 59.0 cm³/mol. The van der Waals surface area contributed by atoms with Gasteiger partial charge in [-0.2, -0.15) is 0 Å². The highest BCUT2D eigenvalue weighted by Gasteiger charge is 2.13. The number of carbonyl (C=O) groups excluding carboxylic acids is 1.